The van der Waals surface area contributed by atoms with E-state index >= 15 is 0 Å². The van der Waals surface area contributed by atoms with Gasteiger partial charge >= 0.3 is 12.2 Å². The number of aryl methyl sites for hydroxylation is 1. The second-order valence-electron chi connectivity index (χ2n) is 5.57. The highest BCUT2D eigenvalue weighted by Gasteiger charge is 2.57. The number of hydrogen-bond acceptors (Lipinski definition) is 3. The molecule has 2 rings (SSSR count). The first-order valence-corrected chi connectivity index (χ1v) is 8.57. The first kappa shape index (κ1) is 17.9. The second-order valence-corrected chi connectivity index (χ2v) is 6.56. The third kappa shape index (κ3) is 4.32. The van der Waals surface area contributed by atoms with Crippen LogP contribution in [0.5, 0.6) is 0 Å². The lowest BCUT2D eigenvalue weighted by Crippen LogP contribution is -2.48. The summed E-state index contributed by atoms with van der Waals surface area (Å²) in [6.07, 6.45) is -2.30. The van der Waals surface area contributed by atoms with Crippen LogP contribution in [0.2, 0.25) is 0 Å². The van der Waals surface area contributed by atoms with E-state index < -0.39 is 30.8 Å². The zero-order valence-corrected chi connectivity index (χ0v) is 13.5. The van der Waals surface area contributed by atoms with Gasteiger partial charge in [-0.25, -0.2) is 4.79 Å². The van der Waals surface area contributed by atoms with Gasteiger partial charge in [0.25, 0.3) is 0 Å². The fraction of sp³-hybridized carbons (Fsp3) is 0.533. The summed E-state index contributed by atoms with van der Waals surface area (Å²) in [7, 11) is 0. The van der Waals surface area contributed by atoms with Crippen molar-refractivity contribution in [2.45, 2.75) is 24.6 Å². The molecule has 1 aliphatic heterocycles. The third-order valence-electron chi connectivity index (χ3n) is 3.86. The minimum absolute atomic E-state index is 0.131. The Morgan fingerprint density at radius 3 is 2.57 bits per heavy atom. The molecule has 4 nitrogen and oxygen atoms in total. The Balaban J connectivity index is 1.93. The smallest absolute Gasteiger partial charge is 0.379 e. The van der Waals surface area contributed by atoms with Crippen molar-refractivity contribution in [2.24, 2.45) is 0 Å². The number of urea groups is 1. The summed E-state index contributed by atoms with van der Waals surface area (Å²) in [5.41, 5.74) is -1.17. The van der Waals surface area contributed by atoms with Gasteiger partial charge in [0.15, 0.2) is 5.60 Å². The number of carbonyl (C=O) groups excluding carboxylic acids is 1. The van der Waals surface area contributed by atoms with Crippen molar-refractivity contribution >= 4 is 23.5 Å². The van der Waals surface area contributed by atoms with E-state index in [0.29, 0.717) is 5.69 Å². The van der Waals surface area contributed by atoms with E-state index in [1.54, 1.807) is 23.9 Å². The lowest BCUT2D eigenvalue weighted by molar-refractivity contribution is -0.253. The molecule has 23 heavy (non-hydrogen) atoms. The topological polar surface area (TPSA) is 52.6 Å². The van der Waals surface area contributed by atoms with Gasteiger partial charge in [0, 0.05) is 18.7 Å². The van der Waals surface area contributed by atoms with E-state index in [1.165, 1.54) is 0 Å². The van der Waals surface area contributed by atoms with Crippen LogP contribution in [-0.4, -0.2) is 52.9 Å². The van der Waals surface area contributed by atoms with Gasteiger partial charge in [-0.2, -0.15) is 24.9 Å². The summed E-state index contributed by atoms with van der Waals surface area (Å²) in [6.45, 7) is -0.873. The Morgan fingerprint density at radius 2 is 2.04 bits per heavy atom. The van der Waals surface area contributed by atoms with Gasteiger partial charge in [-0.1, -0.05) is 12.1 Å². The van der Waals surface area contributed by atoms with Crippen LogP contribution >= 0.6 is 11.8 Å². The van der Waals surface area contributed by atoms with Crippen molar-refractivity contribution < 1.29 is 23.1 Å². The monoisotopic (exact) mass is 348 g/mol. The lowest BCUT2D eigenvalue weighted by Gasteiger charge is -2.26. The highest BCUT2D eigenvalue weighted by atomic mass is 32.2. The molecule has 128 valence electrons. The number of amides is 2. The Labute approximate surface area is 137 Å². The highest BCUT2D eigenvalue weighted by molar-refractivity contribution is 7.98. The maximum atomic E-state index is 12.7. The zero-order valence-electron chi connectivity index (χ0n) is 12.7. The number of hydrogen-bond donors (Lipinski definition) is 2. The number of rotatable bonds is 4. The molecule has 1 aromatic carbocycles. The summed E-state index contributed by atoms with van der Waals surface area (Å²) >= 11 is 1.74. The minimum atomic E-state index is -4.74. The van der Waals surface area contributed by atoms with Gasteiger partial charge in [-0.3, -0.25) is 0 Å². The van der Waals surface area contributed by atoms with Crippen molar-refractivity contribution in [1.82, 2.24) is 4.90 Å². The standard InChI is InChI=1S/C15H19F3N2O2S/c1-23-9-6-11-2-4-12(5-3-11)19-13(21)20-8-7-14(22,10-20)15(16,17)18/h2-5,22H,6-10H2,1H3,(H,19,21)/t14-/m0/s1. The summed E-state index contributed by atoms with van der Waals surface area (Å²) in [4.78, 5) is 13.0. The molecule has 1 atom stereocenters. The molecule has 1 aromatic rings. The van der Waals surface area contributed by atoms with Gasteiger partial charge < -0.3 is 15.3 Å². The van der Waals surface area contributed by atoms with Gasteiger partial charge in [-0.15, -0.1) is 0 Å². The predicted octanol–water partition coefficient (Wildman–Crippen LogP) is 3.12. The van der Waals surface area contributed by atoms with Crippen LogP contribution in [0.3, 0.4) is 0 Å². The van der Waals surface area contributed by atoms with Gasteiger partial charge in [-0.05, 0) is 36.1 Å². The number of nitrogens with one attached hydrogen (secondary N) is 1. The van der Waals surface area contributed by atoms with Gasteiger partial charge in [0.1, 0.15) is 0 Å². The average Bonchev–Trinajstić information content (AvgIpc) is 2.90. The van der Waals surface area contributed by atoms with Crippen LogP contribution in [0.1, 0.15) is 12.0 Å². The molecule has 1 saturated heterocycles. The molecule has 1 heterocycles. The average molecular weight is 348 g/mol. The fourth-order valence-electron chi connectivity index (χ4n) is 2.38. The largest absolute Gasteiger partial charge is 0.419 e. The summed E-state index contributed by atoms with van der Waals surface area (Å²) in [5.74, 6) is 0.996. The molecule has 0 unspecified atom stereocenters. The van der Waals surface area contributed by atoms with Crippen LogP contribution < -0.4 is 5.32 Å². The van der Waals surface area contributed by atoms with Crippen LogP contribution in [0.25, 0.3) is 0 Å². The number of halogens is 3. The molecule has 0 radical (unpaired) electrons. The van der Waals surface area contributed by atoms with E-state index in [2.05, 4.69) is 5.32 Å². The molecule has 8 heteroatoms. The lowest BCUT2D eigenvalue weighted by atomic mass is 10.0. The maximum Gasteiger partial charge on any atom is 0.419 e. The molecule has 0 aliphatic carbocycles. The maximum absolute atomic E-state index is 12.7. The fourth-order valence-corrected chi connectivity index (χ4v) is 2.82. The van der Waals surface area contributed by atoms with E-state index in [1.807, 2.05) is 18.4 Å². The Bertz CT molecular complexity index is 551. The van der Waals surface area contributed by atoms with Gasteiger partial charge in [0.05, 0.1) is 6.54 Å². The van der Waals surface area contributed by atoms with Crippen molar-refractivity contribution in [3.8, 4) is 0 Å². The number of carbonyl (C=O) groups is 1. The molecule has 0 aromatic heterocycles. The van der Waals surface area contributed by atoms with Crippen LogP contribution in [0.4, 0.5) is 23.7 Å². The molecule has 0 spiro atoms. The quantitative estimate of drug-likeness (QED) is 0.879. The molecule has 2 amide bonds. The zero-order chi connectivity index (χ0) is 17.1. The summed E-state index contributed by atoms with van der Waals surface area (Å²) < 4.78 is 38.2. The Hall–Kier alpha value is -1.41. The molecule has 1 fully saturated rings. The summed E-state index contributed by atoms with van der Waals surface area (Å²) in [5, 5.41) is 12.1. The first-order valence-electron chi connectivity index (χ1n) is 7.18. The normalized spacial score (nSPS) is 21.5. The number of benzene rings is 1. The van der Waals surface area contributed by atoms with Crippen LogP contribution in [0.15, 0.2) is 24.3 Å². The molecular formula is C15H19F3N2O2S. The van der Waals surface area contributed by atoms with E-state index in [9.17, 15) is 23.1 Å². The molecule has 0 bridgehead atoms. The number of thioether (sulfide) groups is 1. The number of likely N-dealkylation sites (tertiary alicyclic amines) is 1. The predicted molar refractivity (Wildman–Crippen MR) is 84.7 cm³/mol. The first-order chi connectivity index (χ1) is 10.7. The minimum Gasteiger partial charge on any atom is -0.379 e. The number of β-amino-alcohol motifs (C(OH)–C–C–N with tert-alkyl or cyclic N) is 1. The van der Waals surface area contributed by atoms with Crippen molar-refractivity contribution in [1.29, 1.82) is 0 Å². The molecule has 1 aliphatic rings. The van der Waals surface area contributed by atoms with Crippen LogP contribution in [0, 0.1) is 0 Å². The second kappa shape index (κ2) is 7.00. The van der Waals surface area contributed by atoms with E-state index in [4.69, 9.17) is 0 Å². The van der Waals surface area contributed by atoms with Crippen molar-refractivity contribution in [3.05, 3.63) is 29.8 Å². The molecule has 2 N–H and O–H groups in total. The number of aliphatic hydroxyl groups is 1. The molecule has 0 saturated carbocycles. The number of anilines is 1. The van der Waals surface area contributed by atoms with Crippen LogP contribution in [-0.2, 0) is 6.42 Å². The number of alkyl halides is 3. The van der Waals surface area contributed by atoms with Gasteiger partial charge in [0.2, 0.25) is 0 Å². The van der Waals surface area contributed by atoms with Crippen molar-refractivity contribution in [3.63, 3.8) is 0 Å². The SMILES string of the molecule is CSCCc1ccc(NC(=O)N2CC[C@@](O)(C(F)(F)F)C2)cc1. The molecular weight excluding hydrogens is 329 g/mol. The van der Waals surface area contributed by atoms with E-state index in [-0.39, 0.29) is 6.54 Å². The van der Waals surface area contributed by atoms with E-state index in [0.717, 1.165) is 22.6 Å². The third-order valence-corrected chi connectivity index (χ3v) is 4.48. The summed E-state index contributed by atoms with van der Waals surface area (Å²) in [6, 6.07) is 6.56. The Morgan fingerprint density at radius 1 is 1.39 bits per heavy atom. The Kier molecular flexibility index (Phi) is 5.46. The van der Waals surface area contributed by atoms with Crippen molar-refractivity contribution in [2.75, 3.05) is 30.4 Å². The number of nitrogens with zero attached hydrogens (tertiary/aromatic N) is 1. The highest BCUT2D eigenvalue weighted by Crippen LogP contribution is 2.37.